The van der Waals surface area contributed by atoms with Gasteiger partial charge >= 0.3 is 0 Å². The van der Waals surface area contributed by atoms with Crippen molar-refractivity contribution >= 4 is 0 Å². The van der Waals surface area contributed by atoms with Crippen molar-refractivity contribution in [1.29, 1.82) is 0 Å². The van der Waals surface area contributed by atoms with Gasteiger partial charge in [-0.2, -0.15) is 0 Å². The van der Waals surface area contributed by atoms with Gasteiger partial charge in [0, 0.05) is 5.41 Å². The normalized spacial score (nSPS) is 10.6. The summed E-state index contributed by atoms with van der Waals surface area (Å²) in [4.78, 5) is 0. The Kier molecular flexibility index (Phi) is 6.89. The molecular weight excluding hydrogens is 336 g/mol. The molecule has 0 aliphatic rings. The van der Waals surface area contributed by atoms with Crippen molar-refractivity contribution in [3.05, 3.63) is 89.5 Å². The summed E-state index contributed by atoms with van der Waals surface area (Å²) in [5.74, 6) is 1.91. The Balaban J connectivity index is 0.00000126. The molecule has 1 N–H and O–H groups in total. The second-order valence-corrected chi connectivity index (χ2v) is 6.13. The van der Waals surface area contributed by atoms with E-state index < -0.39 is 0 Å². The van der Waals surface area contributed by atoms with E-state index in [-0.39, 0.29) is 11.2 Å². The summed E-state index contributed by atoms with van der Waals surface area (Å²) in [6.45, 7) is 6.18. The Morgan fingerprint density at radius 3 is 1.19 bits per heavy atom. The quantitative estimate of drug-likeness (QED) is 0.582. The van der Waals surface area contributed by atoms with Gasteiger partial charge in [0.15, 0.2) is 0 Å². The standard InChI is InChI=1S/C22H22O3.C2H6/c1-22(16-4-10-19(23)11-5-16,17-6-12-20(24-2)13-7-17)18-8-14-21(25-3)15-9-18;1-2/h4-15,23H,1-3H3;1-2H3. The van der Waals surface area contributed by atoms with Crippen LogP contribution in [0.5, 0.6) is 17.2 Å². The third kappa shape index (κ3) is 4.25. The molecule has 0 bridgehead atoms. The van der Waals surface area contributed by atoms with E-state index in [9.17, 15) is 5.11 Å². The number of hydrogen-bond donors (Lipinski definition) is 1. The number of hydrogen-bond acceptors (Lipinski definition) is 3. The van der Waals surface area contributed by atoms with Crippen LogP contribution < -0.4 is 9.47 Å². The molecule has 0 amide bonds. The zero-order chi connectivity index (χ0) is 19.9. The molecular formula is C24H28O3. The maximum Gasteiger partial charge on any atom is 0.118 e. The topological polar surface area (TPSA) is 38.7 Å². The molecule has 0 saturated heterocycles. The minimum absolute atomic E-state index is 0.260. The second-order valence-electron chi connectivity index (χ2n) is 6.13. The third-order valence-corrected chi connectivity index (χ3v) is 4.78. The Labute approximate surface area is 162 Å². The first-order valence-electron chi connectivity index (χ1n) is 9.16. The molecule has 142 valence electrons. The van der Waals surface area contributed by atoms with E-state index >= 15 is 0 Å². The molecule has 0 saturated carbocycles. The largest absolute Gasteiger partial charge is 0.508 e. The first kappa shape index (κ1) is 20.4. The molecule has 3 rings (SSSR count). The van der Waals surface area contributed by atoms with Crippen molar-refractivity contribution in [3.8, 4) is 17.2 Å². The number of benzene rings is 3. The number of aromatic hydroxyl groups is 1. The van der Waals surface area contributed by atoms with Gasteiger partial charge in [0.25, 0.3) is 0 Å². The lowest BCUT2D eigenvalue weighted by Gasteiger charge is -2.32. The average Bonchev–Trinajstić information content (AvgIpc) is 2.75. The number of phenolic OH excluding ortho intramolecular Hbond substituents is 1. The lowest BCUT2D eigenvalue weighted by atomic mass is 9.71. The van der Waals surface area contributed by atoms with E-state index in [1.165, 1.54) is 0 Å². The van der Waals surface area contributed by atoms with Gasteiger partial charge in [0.1, 0.15) is 17.2 Å². The van der Waals surface area contributed by atoms with Gasteiger partial charge in [-0.05, 0) is 60.0 Å². The van der Waals surface area contributed by atoms with Gasteiger partial charge in [-0.15, -0.1) is 0 Å². The molecule has 0 aliphatic carbocycles. The summed E-state index contributed by atoms with van der Waals surface area (Å²) in [5.41, 5.74) is 3.01. The number of rotatable bonds is 5. The van der Waals surface area contributed by atoms with Crippen molar-refractivity contribution in [2.45, 2.75) is 26.2 Å². The van der Waals surface area contributed by atoms with Crippen LogP contribution in [0.1, 0.15) is 37.5 Å². The minimum Gasteiger partial charge on any atom is -0.508 e. The van der Waals surface area contributed by atoms with Crippen LogP contribution in [0.25, 0.3) is 0 Å². The highest BCUT2D eigenvalue weighted by Gasteiger charge is 2.31. The lowest BCUT2D eigenvalue weighted by molar-refractivity contribution is 0.414. The molecule has 0 radical (unpaired) electrons. The fourth-order valence-corrected chi connectivity index (χ4v) is 3.14. The first-order chi connectivity index (χ1) is 13.1. The fraction of sp³-hybridized carbons (Fsp3) is 0.250. The first-order valence-corrected chi connectivity index (χ1v) is 9.16. The molecule has 0 atom stereocenters. The summed E-state index contributed by atoms with van der Waals surface area (Å²) >= 11 is 0. The molecule has 0 aromatic heterocycles. The van der Waals surface area contributed by atoms with Crippen molar-refractivity contribution in [1.82, 2.24) is 0 Å². The van der Waals surface area contributed by atoms with Crippen molar-refractivity contribution in [3.63, 3.8) is 0 Å². The maximum atomic E-state index is 9.67. The van der Waals surface area contributed by atoms with E-state index in [1.807, 2.05) is 50.2 Å². The van der Waals surface area contributed by atoms with Crippen LogP contribution in [0, 0.1) is 0 Å². The molecule has 0 aliphatic heterocycles. The minimum atomic E-state index is -0.369. The fourth-order valence-electron chi connectivity index (χ4n) is 3.14. The van der Waals surface area contributed by atoms with E-state index in [4.69, 9.17) is 9.47 Å². The highest BCUT2D eigenvalue weighted by molar-refractivity contribution is 5.52. The van der Waals surface area contributed by atoms with Crippen LogP contribution >= 0.6 is 0 Å². The predicted molar refractivity (Wildman–Crippen MR) is 111 cm³/mol. The summed E-state index contributed by atoms with van der Waals surface area (Å²) in [5, 5.41) is 9.67. The van der Waals surface area contributed by atoms with E-state index in [0.717, 1.165) is 28.2 Å². The summed E-state index contributed by atoms with van der Waals surface area (Å²) in [7, 11) is 3.33. The van der Waals surface area contributed by atoms with Crippen molar-refractivity contribution < 1.29 is 14.6 Å². The zero-order valence-corrected chi connectivity index (χ0v) is 16.7. The van der Waals surface area contributed by atoms with Gasteiger partial charge in [0.05, 0.1) is 14.2 Å². The van der Waals surface area contributed by atoms with Gasteiger partial charge in [-0.3, -0.25) is 0 Å². The maximum absolute atomic E-state index is 9.67. The van der Waals surface area contributed by atoms with Gasteiger partial charge < -0.3 is 14.6 Å². The SMILES string of the molecule is CC.COc1ccc(C(C)(c2ccc(O)cc2)c2ccc(OC)cc2)cc1. The third-order valence-electron chi connectivity index (χ3n) is 4.78. The average molecular weight is 364 g/mol. The highest BCUT2D eigenvalue weighted by atomic mass is 16.5. The predicted octanol–water partition coefficient (Wildman–Crippen LogP) is 5.79. The summed E-state index contributed by atoms with van der Waals surface area (Å²) in [6.07, 6.45) is 0. The molecule has 27 heavy (non-hydrogen) atoms. The van der Waals surface area contributed by atoms with Crippen LogP contribution in [-0.4, -0.2) is 19.3 Å². The second kappa shape index (κ2) is 9.13. The number of phenols is 1. The van der Waals surface area contributed by atoms with Crippen LogP contribution in [0.3, 0.4) is 0 Å². The Hall–Kier alpha value is -2.94. The van der Waals surface area contributed by atoms with Crippen LogP contribution in [0.15, 0.2) is 72.8 Å². The Morgan fingerprint density at radius 2 is 0.889 bits per heavy atom. The van der Waals surface area contributed by atoms with Crippen molar-refractivity contribution in [2.75, 3.05) is 14.2 Å². The monoisotopic (exact) mass is 364 g/mol. The van der Waals surface area contributed by atoms with E-state index in [2.05, 4.69) is 31.2 Å². The van der Waals surface area contributed by atoms with Crippen LogP contribution in [-0.2, 0) is 5.41 Å². The van der Waals surface area contributed by atoms with Gasteiger partial charge in [-0.1, -0.05) is 50.2 Å². The molecule has 3 aromatic carbocycles. The molecule has 3 heteroatoms. The highest BCUT2D eigenvalue weighted by Crippen LogP contribution is 2.40. The summed E-state index contributed by atoms with van der Waals surface area (Å²) in [6, 6.07) is 23.6. The van der Waals surface area contributed by atoms with Gasteiger partial charge in [0.2, 0.25) is 0 Å². The van der Waals surface area contributed by atoms with Gasteiger partial charge in [-0.25, -0.2) is 0 Å². The molecule has 0 unspecified atom stereocenters. The number of methoxy groups -OCH3 is 2. The Bertz CT molecular complexity index is 772. The summed E-state index contributed by atoms with van der Waals surface area (Å²) < 4.78 is 10.6. The number of ether oxygens (including phenoxy) is 2. The zero-order valence-electron chi connectivity index (χ0n) is 16.7. The molecule has 0 heterocycles. The molecule has 3 nitrogen and oxygen atoms in total. The van der Waals surface area contributed by atoms with Crippen LogP contribution in [0.2, 0.25) is 0 Å². The lowest BCUT2D eigenvalue weighted by Crippen LogP contribution is -2.25. The van der Waals surface area contributed by atoms with E-state index in [1.54, 1.807) is 26.4 Å². The Morgan fingerprint density at radius 1 is 0.593 bits per heavy atom. The van der Waals surface area contributed by atoms with E-state index in [0.29, 0.717) is 0 Å². The van der Waals surface area contributed by atoms with Crippen LogP contribution in [0.4, 0.5) is 0 Å². The van der Waals surface area contributed by atoms with Crippen molar-refractivity contribution in [2.24, 2.45) is 0 Å². The smallest absolute Gasteiger partial charge is 0.118 e. The molecule has 0 spiro atoms. The molecule has 0 fully saturated rings. The molecule has 3 aromatic rings.